The highest BCUT2D eigenvalue weighted by atomic mass is 16.5. The fourth-order valence-electron chi connectivity index (χ4n) is 6.05. The zero-order chi connectivity index (χ0) is 19.4. The van der Waals surface area contributed by atoms with Crippen molar-refractivity contribution < 1.29 is 4.74 Å². The zero-order valence-corrected chi connectivity index (χ0v) is 19.1. The molecule has 160 valence electrons. The maximum Gasteiger partial charge on any atom is 0.0679 e. The minimum atomic E-state index is 0.235. The van der Waals surface area contributed by atoms with Gasteiger partial charge in [0, 0.05) is 7.11 Å². The van der Waals surface area contributed by atoms with Gasteiger partial charge in [0.2, 0.25) is 0 Å². The minimum absolute atomic E-state index is 0.235. The summed E-state index contributed by atoms with van der Waals surface area (Å²) in [6.45, 7) is 4.62. The third-order valence-electron chi connectivity index (χ3n) is 8.13. The van der Waals surface area contributed by atoms with Crippen molar-refractivity contribution in [2.45, 2.75) is 141 Å². The van der Waals surface area contributed by atoms with Crippen LogP contribution in [0.4, 0.5) is 0 Å². The van der Waals surface area contributed by atoms with Gasteiger partial charge in [-0.3, -0.25) is 0 Å². The molecule has 2 aliphatic rings. The third kappa shape index (κ3) is 8.08. The van der Waals surface area contributed by atoms with Gasteiger partial charge in [0.15, 0.2) is 0 Å². The maximum atomic E-state index is 6.10. The van der Waals surface area contributed by atoms with Gasteiger partial charge in [0.25, 0.3) is 0 Å². The van der Waals surface area contributed by atoms with Gasteiger partial charge in [-0.25, -0.2) is 0 Å². The Balaban J connectivity index is 1.63. The highest BCUT2D eigenvalue weighted by Gasteiger charge is 2.38. The fourth-order valence-corrected chi connectivity index (χ4v) is 6.05. The van der Waals surface area contributed by atoms with E-state index in [-0.39, 0.29) is 5.60 Å². The molecular formula is C26H50O. The van der Waals surface area contributed by atoms with Crippen LogP contribution in [0.1, 0.15) is 136 Å². The Morgan fingerprint density at radius 1 is 0.667 bits per heavy atom. The summed E-state index contributed by atoms with van der Waals surface area (Å²) in [4.78, 5) is 0. The second-order valence-corrected chi connectivity index (χ2v) is 10.0. The molecule has 2 rings (SSSR count). The molecule has 0 heterocycles. The third-order valence-corrected chi connectivity index (χ3v) is 8.13. The Kier molecular flexibility index (Phi) is 11.4. The van der Waals surface area contributed by atoms with Crippen LogP contribution in [-0.4, -0.2) is 12.7 Å². The van der Waals surface area contributed by atoms with Gasteiger partial charge in [0.05, 0.1) is 5.60 Å². The summed E-state index contributed by atoms with van der Waals surface area (Å²) in [5, 5.41) is 0. The van der Waals surface area contributed by atoms with E-state index >= 15 is 0 Å². The average Bonchev–Trinajstić information content (AvgIpc) is 2.72. The molecule has 1 heteroatoms. The Morgan fingerprint density at radius 3 is 1.81 bits per heavy atom. The molecule has 2 aliphatic carbocycles. The van der Waals surface area contributed by atoms with Crippen LogP contribution in [0.15, 0.2) is 0 Å². The van der Waals surface area contributed by atoms with E-state index in [1.807, 2.05) is 7.11 Å². The molecule has 0 aliphatic heterocycles. The molecule has 1 nitrogen and oxygen atoms in total. The van der Waals surface area contributed by atoms with Gasteiger partial charge in [-0.15, -0.1) is 0 Å². The van der Waals surface area contributed by atoms with Crippen LogP contribution in [0.2, 0.25) is 0 Å². The molecule has 0 saturated heterocycles. The van der Waals surface area contributed by atoms with Gasteiger partial charge < -0.3 is 4.74 Å². The molecule has 2 fully saturated rings. The Hall–Kier alpha value is -0.0400. The molecule has 0 atom stereocenters. The number of rotatable bonds is 13. The fraction of sp³-hybridized carbons (Fsp3) is 1.00. The molecule has 0 aromatic heterocycles. The second-order valence-electron chi connectivity index (χ2n) is 10.0. The molecule has 0 N–H and O–H groups in total. The van der Waals surface area contributed by atoms with E-state index in [9.17, 15) is 0 Å². The summed E-state index contributed by atoms with van der Waals surface area (Å²) in [6, 6.07) is 0. The molecule has 0 aromatic carbocycles. The van der Waals surface area contributed by atoms with Gasteiger partial charge in [-0.1, -0.05) is 90.9 Å². The number of ether oxygens (including phenoxy) is 1. The highest BCUT2D eigenvalue weighted by molar-refractivity contribution is 4.90. The summed E-state index contributed by atoms with van der Waals surface area (Å²) >= 11 is 0. The van der Waals surface area contributed by atoms with E-state index in [4.69, 9.17) is 4.74 Å². The van der Waals surface area contributed by atoms with Crippen molar-refractivity contribution in [1.82, 2.24) is 0 Å². The van der Waals surface area contributed by atoms with E-state index in [2.05, 4.69) is 13.8 Å². The van der Waals surface area contributed by atoms with Crippen LogP contribution in [0.25, 0.3) is 0 Å². The summed E-state index contributed by atoms with van der Waals surface area (Å²) in [5.41, 5.74) is 0.235. The molecule has 0 aromatic rings. The molecule has 2 saturated carbocycles. The molecule has 0 amide bonds. The SMILES string of the molecule is CCCCCCC[C@]1(OC)CC[C@@H](C2CCC(CCCCCC)CC2)CC1. The number of methoxy groups -OCH3 is 1. The first kappa shape index (κ1) is 23.2. The van der Waals surface area contributed by atoms with Crippen LogP contribution in [0.3, 0.4) is 0 Å². The van der Waals surface area contributed by atoms with Crippen molar-refractivity contribution in [3.05, 3.63) is 0 Å². The van der Waals surface area contributed by atoms with E-state index in [0.29, 0.717) is 0 Å². The Labute approximate surface area is 171 Å². The number of hydrogen-bond acceptors (Lipinski definition) is 1. The summed E-state index contributed by atoms with van der Waals surface area (Å²) in [6.07, 6.45) is 27.2. The van der Waals surface area contributed by atoms with E-state index in [0.717, 1.165) is 17.8 Å². The summed E-state index contributed by atoms with van der Waals surface area (Å²) in [5.74, 6) is 3.11. The summed E-state index contributed by atoms with van der Waals surface area (Å²) < 4.78 is 6.10. The lowest BCUT2D eigenvalue weighted by Gasteiger charge is -2.43. The van der Waals surface area contributed by atoms with Crippen molar-refractivity contribution in [3.8, 4) is 0 Å². The van der Waals surface area contributed by atoms with Gasteiger partial charge in [-0.05, 0) is 62.7 Å². The second kappa shape index (κ2) is 13.2. The van der Waals surface area contributed by atoms with Crippen LogP contribution >= 0.6 is 0 Å². The number of unbranched alkanes of at least 4 members (excludes halogenated alkanes) is 7. The van der Waals surface area contributed by atoms with Crippen molar-refractivity contribution in [2.75, 3.05) is 7.11 Å². The van der Waals surface area contributed by atoms with E-state index in [1.165, 1.54) is 122 Å². The highest BCUT2D eigenvalue weighted by Crippen LogP contribution is 2.45. The van der Waals surface area contributed by atoms with Crippen LogP contribution in [0, 0.1) is 17.8 Å². The van der Waals surface area contributed by atoms with E-state index < -0.39 is 0 Å². The predicted octanol–water partition coefficient (Wildman–Crippen LogP) is 8.70. The normalized spacial score (nSPS) is 31.9. The molecule has 0 bridgehead atoms. The van der Waals surface area contributed by atoms with Crippen molar-refractivity contribution in [2.24, 2.45) is 17.8 Å². The Morgan fingerprint density at radius 2 is 1.22 bits per heavy atom. The van der Waals surface area contributed by atoms with Gasteiger partial charge >= 0.3 is 0 Å². The topological polar surface area (TPSA) is 9.23 Å². The van der Waals surface area contributed by atoms with Crippen LogP contribution in [-0.2, 0) is 4.74 Å². The first-order valence-electron chi connectivity index (χ1n) is 12.8. The van der Waals surface area contributed by atoms with Crippen molar-refractivity contribution >= 4 is 0 Å². The monoisotopic (exact) mass is 378 g/mol. The van der Waals surface area contributed by atoms with Gasteiger partial charge in [0.1, 0.15) is 0 Å². The van der Waals surface area contributed by atoms with Crippen LogP contribution < -0.4 is 0 Å². The maximum absolute atomic E-state index is 6.10. The molecular weight excluding hydrogens is 328 g/mol. The lowest BCUT2D eigenvalue weighted by Crippen LogP contribution is -2.38. The lowest BCUT2D eigenvalue weighted by molar-refractivity contribution is -0.0639. The van der Waals surface area contributed by atoms with Crippen molar-refractivity contribution in [1.29, 1.82) is 0 Å². The smallest absolute Gasteiger partial charge is 0.0679 e. The van der Waals surface area contributed by atoms with Crippen molar-refractivity contribution in [3.63, 3.8) is 0 Å². The molecule has 0 radical (unpaired) electrons. The quantitative estimate of drug-likeness (QED) is 0.291. The first-order chi connectivity index (χ1) is 13.2. The zero-order valence-electron chi connectivity index (χ0n) is 19.1. The minimum Gasteiger partial charge on any atom is -0.378 e. The Bertz CT molecular complexity index is 347. The first-order valence-corrected chi connectivity index (χ1v) is 12.8. The predicted molar refractivity (Wildman–Crippen MR) is 119 cm³/mol. The molecule has 27 heavy (non-hydrogen) atoms. The number of hydrogen-bond donors (Lipinski definition) is 0. The largest absolute Gasteiger partial charge is 0.378 e. The van der Waals surface area contributed by atoms with Gasteiger partial charge in [-0.2, -0.15) is 0 Å². The van der Waals surface area contributed by atoms with E-state index in [1.54, 1.807) is 0 Å². The molecule has 0 spiro atoms. The average molecular weight is 379 g/mol. The summed E-state index contributed by atoms with van der Waals surface area (Å²) in [7, 11) is 1.98. The standard InChI is InChI=1S/C26H50O/c1-4-6-8-10-12-20-26(27-3)21-18-25(19-22-26)24-16-14-23(15-17-24)13-11-9-7-5-2/h23-25H,4-22H2,1-3H3/t23?,24?,25-,26+. The lowest BCUT2D eigenvalue weighted by atomic mass is 9.67. The van der Waals surface area contributed by atoms with Crippen LogP contribution in [0.5, 0.6) is 0 Å². The molecule has 0 unspecified atom stereocenters.